The van der Waals surface area contributed by atoms with Crippen LogP contribution in [0.25, 0.3) is 0 Å². The van der Waals surface area contributed by atoms with Gasteiger partial charge in [-0.2, -0.15) is 0 Å². The molecule has 1 heterocycles. The van der Waals surface area contributed by atoms with Crippen LogP contribution in [0.5, 0.6) is 0 Å². The van der Waals surface area contributed by atoms with Crippen molar-refractivity contribution in [3.63, 3.8) is 0 Å². The molecular formula is C8H10O2. The molecule has 2 heteroatoms. The molecular weight excluding hydrogens is 128 g/mol. The van der Waals surface area contributed by atoms with E-state index in [0.717, 1.165) is 12.2 Å². The van der Waals surface area contributed by atoms with E-state index in [4.69, 9.17) is 4.42 Å². The standard InChI is InChI=1S/C8H10O2/c1-3-7-5-4-6(2)8(9)10-7/h4-5H,3H2,1-2H3. The zero-order chi connectivity index (χ0) is 7.56. The van der Waals surface area contributed by atoms with Crippen LogP contribution >= 0.6 is 0 Å². The van der Waals surface area contributed by atoms with Crippen molar-refractivity contribution in [3.8, 4) is 0 Å². The van der Waals surface area contributed by atoms with E-state index >= 15 is 0 Å². The minimum atomic E-state index is -0.223. The van der Waals surface area contributed by atoms with Crippen LogP contribution in [0.3, 0.4) is 0 Å². The second-order valence-electron chi connectivity index (χ2n) is 2.23. The van der Waals surface area contributed by atoms with Gasteiger partial charge in [-0.25, -0.2) is 4.79 Å². The number of hydrogen-bond acceptors (Lipinski definition) is 2. The smallest absolute Gasteiger partial charge is 0.338 e. The molecule has 1 rings (SSSR count). The highest BCUT2D eigenvalue weighted by molar-refractivity contribution is 5.08. The van der Waals surface area contributed by atoms with Crippen LogP contribution in [0.2, 0.25) is 0 Å². The molecule has 0 amide bonds. The Bertz CT molecular complexity index is 273. The summed E-state index contributed by atoms with van der Waals surface area (Å²) in [6.45, 7) is 3.69. The summed E-state index contributed by atoms with van der Waals surface area (Å²) in [6.07, 6.45) is 0.773. The molecule has 0 aliphatic rings. The SMILES string of the molecule is CCc1ccc(C)c(=O)o1. The van der Waals surface area contributed by atoms with Gasteiger partial charge >= 0.3 is 5.63 Å². The third-order valence-corrected chi connectivity index (χ3v) is 1.41. The molecule has 0 aromatic carbocycles. The molecule has 1 aromatic heterocycles. The summed E-state index contributed by atoms with van der Waals surface area (Å²) in [6, 6.07) is 3.61. The lowest BCUT2D eigenvalue weighted by Crippen LogP contribution is -2.03. The van der Waals surface area contributed by atoms with Crippen molar-refractivity contribution in [2.75, 3.05) is 0 Å². The molecule has 0 atom stereocenters. The van der Waals surface area contributed by atoms with E-state index in [9.17, 15) is 4.79 Å². The van der Waals surface area contributed by atoms with Gasteiger partial charge in [0.15, 0.2) is 0 Å². The third kappa shape index (κ3) is 1.26. The molecule has 0 radical (unpaired) electrons. The lowest BCUT2D eigenvalue weighted by molar-refractivity contribution is 0.460. The maximum absolute atomic E-state index is 10.8. The molecule has 54 valence electrons. The van der Waals surface area contributed by atoms with Crippen molar-refractivity contribution >= 4 is 0 Å². The highest BCUT2D eigenvalue weighted by Gasteiger charge is 1.95. The average Bonchev–Trinajstić information content (AvgIpc) is 1.95. The first-order chi connectivity index (χ1) is 4.74. The van der Waals surface area contributed by atoms with Crippen molar-refractivity contribution in [1.29, 1.82) is 0 Å². The van der Waals surface area contributed by atoms with E-state index in [0.29, 0.717) is 5.56 Å². The minimum Gasteiger partial charge on any atom is -0.428 e. The van der Waals surface area contributed by atoms with Gasteiger partial charge in [0.25, 0.3) is 0 Å². The first-order valence-electron chi connectivity index (χ1n) is 3.33. The Labute approximate surface area is 59.5 Å². The van der Waals surface area contributed by atoms with E-state index in [2.05, 4.69) is 0 Å². The van der Waals surface area contributed by atoms with Crippen LogP contribution in [0, 0.1) is 6.92 Å². The summed E-state index contributed by atoms with van der Waals surface area (Å²) in [4.78, 5) is 10.8. The van der Waals surface area contributed by atoms with Gasteiger partial charge in [0.2, 0.25) is 0 Å². The van der Waals surface area contributed by atoms with Gasteiger partial charge in [0.1, 0.15) is 5.76 Å². The molecule has 2 nitrogen and oxygen atoms in total. The normalized spacial score (nSPS) is 9.80. The van der Waals surface area contributed by atoms with E-state index in [1.54, 1.807) is 13.0 Å². The Morgan fingerprint density at radius 3 is 2.70 bits per heavy atom. The van der Waals surface area contributed by atoms with Gasteiger partial charge in [-0.3, -0.25) is 0 Å². The summed E-state index contributed by atoms with van der Waals surface area (Å²) in [5.41, 5.74) is 0.441. The molecule has 0 spiro atoms. The maximum atomic E-state index is 10.8. The fourth-order valence-corrected chi connectivity index (χ4v) is 0.710. The molecule has 1 aromatic rings. The monoisotopic (exact) mass is 138 g/mol. The third-order valence-electron chi connectivity index (χ3n) is 1.41. The highest BCUT2D eigenvalue weighted by atomic mass is 16.4. The lowest BCUT2D eigenvalue weighted by Gasteiger charge is -1.93. The Hall–Kier alpha value is -1.05. The average molecular weight is 138 g/mol. The largest absolute Gasteiger partial charge is 0.428 e. The Morgan fingerprint density at radius 2 is 2.20 bits per heavy atom. The molecule has 0 saturated carbocycles. The number of rotatable bonds is 1. The summed E-state index contributed by atoms with van der Waals surface area (Å²) in [5.74, 6) is 0.746. The fraction of sp³-hybridized carbons (Fsp3) is 0.375. The van der Waals surface area contributed by atoms with Crippen LogP contribution in [0.4, 0.5) is 0 Å². The van der Waals surface area contributed by atoms with Crippen molar-refractivity contribution in [2.45, 2.75) is 20.3 Å². The zero-order valence-corrected chi connectivity index (χ0v) is 6.18. The van der Waals surface area contributed by atoms with E-state index in [1.807, 2.05) is 13.0 Å². The number of aryl methyl sites for hydroxylation is 2. The van der Waals surface area contributed by atoms with E-state index in [-0.39, 0.29) is 5.63 Å². The Kier molecular flexibility index (Phi) is 1.90. The predicted molar refractivity (Wildman–Crippen MR) is 39.1 cm³/mol. The van der Waals surface area contributed by atoms with Crippen LogP contribution in [0.15, 0.2) is 21.3 Å². The van der Waals surface area contributed by atoms with E-state index in [1.165, 1.54) is 0 Å². The van der Waals surface area contributed by atoms with Gasteiger partial charge in [0.05, 0.1) is 0 Å². The maximum Gasteiger partial charge on any atom is 0.338 e. The second kappa shape index (κ2) is 2.69. The molecule has 0 fully saturated rings. The molecule has 0 bridgehead atoms. The van der Waals surface area contributed by atoms with Crippen LogP contribution < -0.4 is 5.63 Å². The number of hydrogen-bond donors (Lipinski definition) is 0. The Balaban J connectivity index is 3.17. The van der Waals surface area contributed by atoms with Gasteiger partial charge in [-0.1, -0.05) is 6.92 Å². The topological polar surface area (TPSA) is 30.2 Å². The second-order valence-corrected chi connectivity index (χ2v) is 2.23. The molecule has 0 aliphatic carbocycles. The summed E-state index contributed by atoms with van der Waals surface area (Å²) in [5, 5.41) is 0. The lowest BCUT2D eigenvalue weighted by atomic mass is 10.3. The molecule has 0 saturated heterocycles. The Morgan fingerprint density at radius 1 is 1.50 bits per heavy atom. The van der Waals surface area contributed by atoms with Gasteiger partial charge in [0, 0.05) is 12.0 Å². The summed E-state index contributed by atoms with van der Waals surface area (Å²) in [7, 11) is 0. The van der Waals surface area contributed by atoms with Crippen LogP contribution in [-0.2, 0) is 6.42 Å². The van der Waals surface area contributed by atoms with Crippen LogP contribution in [-0.4, -0.2) is 0 Å². The van der Waals surface area contributed by atoms with E-state index < -0.39 is 0 Å². The minimum absolute atomic E-state index is 0.223. The molecule has 0 aliphatic heterocycles. The van der Waals surface area contributed by atoms with Gasteiger partial charge < -0.3 is 4.42 Å². The van der Waals surface area contributed by atoms with Crippen molar-refractivity contribution in [3.05, 3.63) is 33.9 Å². The first kappa shape index (κ1) is 7.06. The summed E-state index contributed by atoms with van der Waals surface area (Å²) >= 11 is 0. The zero-order valence-electron chi connectivity index (χ0n) is 6.18. The van der Waals surface area contributed by atoms with Gasteiger partial charge in [-0.15, -0.1) is 0 Å². The van der Waals surface area contributed by atoms with Crippen molar-refractivity contribution in [1.82, 2.24) is 0 Å². The fourth-order valence-electron chi connectivity index (χ4n) is 0.710. The van der Waals surface area contributed by atoms with Crippen molar-refractivity contribution in [2.24, 2.45) is 0 Å². The molecule has 10 heavy (non-hydrogen) atoms. The van der Waals surface area contributed by atoms with Crippen LogP contribution in [0.1, 0.15) is 18.2 Å². The quantitative estimate of drug-likeness (QED) is 0.588. The highest BCUT2D eigenvalue weighted by Crippen LogP contribution is 1.97. The van der Waals surface area contributed by atoms with Gasteiger partial charge in [-0.05, 0) is 19.1 Å². The van der Waals surface area contributed by atoms with Crippen molar-refractivity contribution < 1.29 is 4.42 Å². The predicted octanol–water partition coefficient (Wildman–Crippen LogP) is 1.51. The summed E-state index contributed by atoms with van der Waals surface area (Å²) < 4.78 is 4.90. The first-order valence-corrected chi connectivity index (χ1v) is 3.33. The molecule has 0 N–H and O–H groups in total. The molecule has 0 unspecified atom stereocenters.